The maximum absolute atomic E-state index is 6.44. The molecule has 104 valence electrons. The van der Waals surface area contributed by atoms with Crippen LogP contribution in [0.3, 0.4) is 0 Å². The van der Waals surface area contributed by atoms with Gasteiger partial charge < -0.3 is 10.6 Å². The summed E-state index contributed by atoms with van der Waals surface area (Å²) in [6.07, 6.45) is 2.28. The maximum atomic E-state index is 6.44. The van der Waals surface area contributed by atoms with Crippen LogP contribution in [-0.4, -0.2) is 6.54 Å². The summed E-state index contributed by atoms with van der Waals surface area (Å²) in [5.41, 5.74) is 12.0. The van der Waals surface area contributed by atoms with E-state index in [1.807, 2.05) is 12.1 Å². The van der Waals surface area contributed by atoms with Crippen LogP contribution in [0.2, 0.25) is 5.02 Å². The van der Waals surface area contributed by atoms with Gasteiger partial charge in [0.2, 0.25) is 0 Å². The number of fused-ring (bicyclic) bond motifs is 1. The molecule has 0 atom stereocenters. The smallest absolute Gasteiger partial charge is 0.0646 e. The zero-order chi connectivity index (χ0) is 14.1. The fourth-order valence-electron chi connectivity index (χ4n) is 2.99. The topological polar surface area (TPSA) is 29.3 Å². The van der Waals surface area contributed by atoms with E-state index < -0.39 is 0 Å². The molecule has 3 heteroatoms. The highest BCUT2D eigenvalue weighted by Gasteiger charge is 2.22. The Morgan fingerprint density at radius 3 is 2.90 bits per heavy atom. The highest BCUT2D eigenvalue weighted by Crippen LogP contribution is 2.39. The van der Waals surface area contributed by atoms with Crippen molar-refractivity contribution in [2.75, 3.05) is 11.4 Å². The molecule has 0 aromatic heterocycles. The first kappa shape index (κ1) is 13.5. The molecular formula is C17H19ClN2. The van der Waals surface area contributed by atoms with Crippen LogP contribution >= 0.6 is 11.6 Å². The second-order valence-corrected chi connectivity index (χ2v) is 5.75. The molecule has 0 saturated carbocycles. The molecule has 1 aliphatic heterocycles. The summed E-state index contributed by atoms with van der Waals surface area (Å²) in [4.78, 5) is 2.32. The van der Waals surface area contributed by atoms with Gasteiger partial charge in [-0.25, -0.2) is 0 Å². The lowest BCUT2D eigenvalue weighted by molar-refractivity contribution is 0.762. The van der Waals surface area contributed by atoms with E-state index in [-0.39, 0.29) is 0 Å². The van der Waals surface area contributed by atoms with E-state index in [9.17, 15) is 0 Å². The van der Waals surface area contributed by atoms with E-state index in [4.69, 9.17) is 17.3 Å². The van der Waals surface area contributed by atoms with E-state index in [2.05, 4.69) is 36.1 Å². The van der Waals surface area contributed by atoms with E-state index in [1.54, 1.807) is 0 Å². The molecule has 0 amide bonds. The van der Waals surface area contributed by atoms with Crippen LogP contribution in [0.5, 0.6) is 0 Å². The van der Waals surface area contributed by atoms with E-state index in [1.165, 1.54) is 16.8 Å². The summed E-state index contributed by atoms with van der Waals surface area (Å²) in [5.74, 6) is 0. The van der Waals surface area contributed by atoms with Crippen LogP contribution in [0.1, 0.15) is 23.1 Å². The quantitative estimate of drug-likeness (QED) is 0.897. The van der Waals surface area contributed by atoms with Gasteiger partial charge in [0.25, 0.3) is 0 Å². The van der Waals surface area contributed by atoms with Gasteiger partial charge in [0.05, 0.1) is 10.7 Å². The van der Waals surface area contributed by atoms with Crippen molar-refractivity contribution in [3.05, 3.63) is 58.1 Å². The molecule has 0 spiro atoms. The first-order valence-corrected chi connectivity index (χ1v) is 7.43. The van der Waals surface area contributed by atoms with Crippen LogP contribution in [-0.2, 0) is 13.0 Å². The maximum Gasteiger partial charge on any atom is 0.0646 e. The Hall–Kier alpha value is -1.51. The Bertz CT molecular complexity index is 637. The van der Waals surface area contributed by atoms with Crippen molar-refractivity contribution < 1.29 is 0 Å². The lowest BCUT2D eigenvalue weighted by Crippen LogP contribution is -2.26. The molecule has 0 fully saturated rings. The highest BCUT2D eigenvalue weighted by molar-refractivity contribution is 6.33. The molecule has 1 aliphatic rings. The Morgan fingerprint density at radius 1 is 1.25 bits per heavy atom. The fraction of sp³-hybridized carbons (Fsp3) is 0.294. The van der Waals surface area contributed by atoms with E-state index in [0.29, 0.717) is 6.54 Å². The number of aryl methyl sites for hydroxylation is 2. The number of rotatable bonds is 2. The zero-order valence-corrected chi connectivity index (χ0v) is 12.5. The number of hydrogen-bond donors (Lipinski definition) is 1. The minimum absolute atomic E-state index is 0.508. The van der Waals surface area contributed by atoms with Gasteiger partial charge in [0, 0.05) is 18.8 Å². The Morgan fingerprint density at radius 2 is 2.10 bits per heavy atom. The SMILES string of the molecule is Cc1ccc2c(c1)CCCN2c1c(Cl)cccc1CN. The van der Waals surface area contributed by atoms with Gasteiger partial charge >= 0.3 is 0 Å². The van der Waals surface area contributed by atoms with Crippen LogP contribution in [0, 0.1) is 6.92 Å². The minimum atomic E-state index is 0.508. The normalized spacial score (nSPS) is 14.2. The molecule has 2 aromatic rings. The van der Waals surface area contributed by atoms with Gasteiger partial charge in [0.15, 0.2) is 0 Å². The van der Waals surface area contributed by atoms with Crippen LogP contribution < -0.4 is 10.6 Å². The van der Waals surface area contributed by atoms with Gasteiger partial charge in [-0.1, -0.05) is 41.4 Å². The summed E-state index contributed by atoms with van der Waals surface area (Å²) >= 11 is 6.44. The molecule has 0 radical (unpaired) electrons. The number of hydrogen-bond acceptors (Lipinski definition) is 2. The van der Waals surface area contributed by atoms with Crippen LogP contribution in [0.15, 0.2) is 36.4 Å². The second kappa shape index (κ2) is 5.47. The van der Waals surface area contributed by atoms with Crippen LogP contribution in [0.25, 0.3) is 0 Å². The van der Waals surface area contributed by atoms with Gasteiger partial charge in [-0.05, 0) is 43.0 Å². The summed E-state index contributed by atoms with van der Waals surface area (Å²) in [7, 11) is 0. The largest absolute Gasteiger partial charge is 0.340 e. The number of para-hydroxylation sites is 1. The van der Waals surface area contributed by atoms with Gasteiger partial charge in [-0.3, -0.25) is 0 Å². The highest BCUT2D eigenvalue weighted by atomic mass is 35.5. The molecule has 0 bridgehead atoms. The predicted octanol–water partition coefficient (Wildman–Crippen LogP) is 4.19. The third kappa shape index (κ3) is 2.30. The first-order chi connectivity index (χ1) is 9.70. The third-order valence-electron chi connectivity index (χ3n) is 3.91. The predicted molar refractivity (Wildman–Crippen MR) is 85.8 cm³/mol. The Kier molecular flexibility index (Phi) is 3.68. The van der Waals surface area contributed by atoms with Gasteiger partial charge in [-0.2, -0.15) is 0 Å². The van der Waals surface area contributed by atoms with Crippen molar-refractivity contribution in [3.8, 4) is 0 Å². The fourth-order valence-corrected chi connectivity index (χ4v) is 3.28. The summed E-state index contributed by atoms with van der Waals surface area (Å²) in [6, 6.07) is 12.6. The average Bonchev–Trinajstić information content (AvgIpc) is 2.46. The van der Waals surface area contributed by atoms with Gasteiger partial charge in [0.1, 0.15) is 0 Å². The molecule has 20 heavy (non-hydrogen) atoms. The molecule has 1 heterocycles. The van der Waals surface area contributed by atoms with Crippen molar-refractivity contribution in [3.63, 3.8) is 0 Å². The molecule has 2 nitrogen and oxygen atoms in total. The number of benzene rings is 2. The molecule has 2 aromatic carbocycles. The lowest BCUT2D eigenvalue weighted by atomic mass is 9.98. The van der Waals surface area contributed by atoms with Crippen molar-refractivity contribution in [2.24, 2.45) is 5.73 Å². The standard InChI is InChI=1S/C17H19ClN2/c1-12-7-8-16-13(10-12)5-3-9-20(16)17-14(11-19)4-2-6-15(17)18/h2,4,6-8,10H,3,5,9,11,19H2,1H3. The van der Waals surface area contributed by atoms with Crippen molar-refractivity contribution in [1.29, 1.82) is 0 Å². The molecule has 0 aliphatic carbocycles. The van der Waals surface area contributed by atoms with E-state index >= 15 is 0 Å². The minimum Gasteiger partial charge on any atom is -0.340 e. The van der Waals surface area contributed by atoms with E-state index in [0.717, 1.165) is 35.7 Å². The lowest BCUT2D eigenvalue weighted by Gasteiger charge is -2.33. The van der Waals surface area contributed by atoms with Crippen molar-refractivity contribution >= 4 is 23.0 Å². The molecule has 0 unspecified atom stereocenters. The third-order valence-corrected chi connectivity index (χ3v) is 4.22. The van der Waals surface area contributed by atoms with Crippen molar-refractivity contribution in [1.82, 2.24) is 0 Å². The Balaban J connectivity index is 2.14. The summed E-state index contributed by atoms with van der Waals surface area (Å²) in [6.45, 7) is 3.64. The Labute approximate surface area is 125 Å². The number of anilines is 2. The number of halogens is 1. The molecule has 3 rings (SSSR count). The summed E-state index contributed by atoms with van der Waals surface area (Å²) in [5, 5.41) is 0.779. The monoisotopic (exact) mass is 286 g/mol. The van der Waals surface area contributed by atoms with Crippen LogP contribution in [0.4, 0.5) is 11.4 Å². The molecule has 2 N–H and O–H groups in total. The second-order valence-electron chi connectivity index (χ2n) is 5.34. The average molecular weight is 287 g/mol. The molecular weight excluding hydrogens is 268 g/mol. The van der Waals surface area contributed by atoms with Crippen molar-refractivity contribution in [2.45, 2.75) is 26.3 Å². The van der Waals surface area contributed by atoms with Gasteiger partial charge in [-0.15, -0.1) is 0 Å². The first-order valence-electron chi connectivity index (χ1n) is 7.05. The molecule has 0 saturated heterocycles. The number of nitrogens with two attached hydrogens (primary N) is 1. The zero-order valence-electron chi connectivity index (χ0n) is 11.7. The number of nitrogens with zero attached hydrogens (tertiary/aromatic N) is 1. The summed E-state index contributed by atoms with van der Waals surface area (Å²) < 4.78 is 0.